The summed E-state index contributed by atoms with van der Waals surface area (Å²) in [4.78, 5) is 13.3. The van der Waals surface area contributed by atoms with E-state index in [4.69, 9.17) is 53.5 Å². The smallest absolute Gasteiger partial charge is 0.349 e. The average molecular weight is 587 g/mol. The van der Waals surface area contributed by atoms with Crippen LogP contribution in [-0.2, 0) is 14.9 Å². The molecule has 0 radical (unpaired) electrons. The summed E-state index contributed by atoms with van der Waals surface area (Å²) in [6.45, 7) is -0.109. The molecule has 37 heavy (non-hydrogen) atoms. The van der Waals surface area contributed by atoms with E-state index in [2.05, 4.69) is 5.16 Å². The summed E-state index contributed by atoms with van der Waals surface area (Å²) in [6, 6.07) is 2.58. The van der Waals surface area contributed by atoms with E-state index >= 15 is 0 Å². The summed E-state index contributed by atoms with van der Waals surface area (Å²) < 4.78 is 90.1. The molecule has 14 heteroatoms. The molecule has 0 N–H and O–H groups in total. The molecule has 1 saturated carbocycles. The predicted molar refractivity (Wildman–Crippen MR) is 122 cm³/mol. The molecule has 2 aromatic carbocycles. The number of hydrogen-bond acceptors (Lipinski definition) is 6. The highest BCUT2D eigenvalue weighted by atomic mass is 35.5. The quantitative estimate of drug-likeness (QED) is 0.0526. The Morgan fingerprint density at radius 1 is 1.00 bits per heavy atom. The molecular weight excluding hydrogens is 572 g/mol. The van der Waals surface area contributed by atoms with Crippen molar-refractivity contribution >= 4 is 40.8 Å². The van der Waals surface area contributed by atoms with Crippen molar-refractivity contribution < 1.29 is 45.5 Å². The standard InChI is InChI=1S/C23H15Cl3F5NO5/c1-34-8-35-7-23(3-2-4-23)21-13(19(32-37-21)12-10(25)5-9(24)6-11(12)26)22(33)36-20-17(30)15(28)14(27)16(29)18(20)31/h5-6H,2-4,7-8H2,1H3. The summed E-state index contributed by atoms with van der Waals surface area (Å²) in [5.41, 5.74) is -1.77. The summed E-state index contributed by atoms with van der Waals surface area (Å²) in [5, 5.41) is 3.91. The highest BCUT2D eigenvalue weighted by molar-refractivity contribution is 6.42. The Morgan fingerprint density at radius 2 is 1.57 bits per heavy atom. The van der Waals surface area contributed by atoms with Crippen molar-refractivity contribution in [2.24, 2.45) is 0 Å². The topological polar surface area (TPSA) is 70.8 Å². The number of carbonyl (C=O) groups is 1. The number of nitrogens with zero attached hydrogens (tertiary/aromatic N) is 1. The summed E-state index contributed by atoms with van der Waals surface area (Å²) >= 11 is 18.5. The van der Waals surface area contributed by atoms with Gasteiger partial charge in [-0.25, -0.2) is 18.0 Å². The zero-order chi connectivity index (χ0) is 27.1. The van der Waals surface area contributed by atoms with Crippen LogP contribution in [0.1, 0.15) is 35.4 Å². The third kappa shape index (κ3) is 4.90. The molecule has 0 aliphatic heterocycles. The number of methoxy groups -OCH3 is 1. The molecule has 1 heterocycles. The normalized spacial score (nSPS) is 14.5. The van der Waals surface area contributed by atoms with Crippen LogP contribution < -0.4 is 4.74 Å². The number of ether oxygens (including phenoxy) is 3. The number of hydrogen-bond donors (Lipinski definition) is 0. The van der Waals surface area contributed by atoms with Gasteiger partial charge in [-0.2, -0.15) is 8.78 Å². The number of esters is 1. The Labute approximate surface area is 221 Å². The Hall–Kier alpha value is -2.44. The van der Waals surface area contributed by atoms with Crippen molar-refractivity contribution in [3.05, 3.63) is 67.6 Å². The molecule has 0 spiro atoms. The van der Waals surface area contributed by atoms with Gasteiger partial charge in [0.25, 0.3) is 0 Å². The minimum Gasteiger partial charge on any atom is -0.416 e. The first-order valence-corrected chi connectivity index (χ1v) is 11.6. The van der Waals surface area contributed by atoms with Gasteiger partial charge in [-0.15, -0.1) is 0 Å². The molecule has 0 amide bonds. The third-order valence-corrected chi connectivity index (χ3v) is 6.69. The maximum absolute atomic E-state index is 14.3. The van der Waals surface area contributed by atoms with E-state index in [9.17, 15) is 26.7 Å². The molecule has 0 atom stereocenters. The lowest BCUT2D eigenvalue weighted by Gasteiger charge is -2.39. The van der Waals surface area contributed by atoms with Gasteiger partial charge in [-0.3, -0.25) is 0 Å². The zero-order valence-corrected chi connectivity index (χ0v) is 21.0. The van der Waals surface area contributed by atoms with Crippen LogP contribution >= 0.6 is 34.8 Å². The van der Waals surface area contributed by atoms with Crippen molar-refractivity contribution in [1.29, 1.82) is 0 Å². The molecule has 3 aromatic rings. The van der Waals surface area contributed by atoms with Gasteiger partial charge in [0.2, 0.25) is 34.8 Å². The number of benzene rings is 2. The van der Waals surface area contributed by atoms with Crippen molar-refractivity contribution in [1.82, 2.24) is 5.16 Å². The van der Waals surface area contributed by atoms with Gasteiger partial charge in [0, 0.05) is 17.7 Å². The average Bonchev–Trinajstić information content (AvgIpc) is 3.25. The third-order valence-electron chi connectivity index (χ3n) is 5.88. The maximum atomic E-state index is 14.3. The van der Waals surface area contributed by atoms with E-state index in [1.165, 1.54) is 19.2 Å². The summed E-state index contributed by atoms with van der Waals surface area (Å²) in [7, 11) is 1.40. The molecule has 0 bridgehead atoms. The van der Waals surface area contributed by atoms with Crippen molar-refractivity contribution in [2.45, 2.75) is 24.7 Å². The minimum atomic E-state index is -2.41. The van der Waals surface area contributed by atoms with Crippen LogP contribution in [0, 0.1) is 29.1 Å². The number of halogens is 8. The largest absolute Gasteiger partial charge is 0.416 e. The van der Waals surface area contributed by atoms with Gasteiger partial charge >= 0.3 is 5.97 Å². The molecule has 198 valence electrons. The monoisotopic (exact) mass is 585 g/mol. The molecule has 0 saturated heterocycles. The van der Waals surface area contributed by atoms with Crippen LogP contribution in [0.5, 0.6) is 5.75 Å². The molecule has 4 rings (SSSR count). The fourth-order valence-corrected chi connectivity index (χ4v) is 4.96. The van der Waals surface area contributed by atoms with E-state index in [-0.39, 0.29) is 45.5 Å². The Balaban J connectivity index is 1.88. The van der Waals surface area contributed by atoms with E-state index in [0.29, 0.717) is 19.3 Å². The van der Waals surface area contributed by atoms with Crippen LogP contribution in [0.15, 0.2) is 16.7 Å². The second kappa shape index (κ2) is 10.7. The van der Waals surface area contributed by atoms with Crippen LogP contribution in [0.25, 0.3) is 11.3 Å². The van der Waals surface area contributed by atoms with Crippen LogP contribution in [0.3, 0.4) is 0 Å². The highest BCUT2D eigenvalue weighted by Crippen LogP contribution is 2.49. The lowest BCUT2D eigenvalue weighted by Crippen LogP contribution is -2.40. The fourth-order valence-electron chi connectivity index (χ4n) is 3.96. The van der Waals surface area contributed by atoms with Crippen LogP contribution in [-0.4, -0.2) is 31.6 Å². The molecule has 1 aliphatic rings. The molecule has 6 nitrogen and oxygen atoms in total. The van der Waals surface area contributed by atoms with Gasteiger partial charge in [0.05, 0.1) is 22.1 Å². The minimum absolute atomic E-state index is 0.0135. The van der Waals surface area contributed by atoms with Gasteiger partial charge in [-0.1, -0.05) is 46.4 Å². The first kappa shape index (κ1) is 27.6. The SMILES string of the molecule is COCOCC1(c2onc(-c3c(Cl)cc(Cl)cc3Cl)c2C(=O)Oc2c(F)c(F)c(F)c(F)c2F)CCC1. The van der Waals surface area contributed by atoms with Gasteiger partial charge < -0.3 is 18.7 Å². The van der Waals surface area contributed by atoms with Crippen LogP contribution in [0.2, 0.25) is 15.1 Å². The zero-order valence-electron chi connectivity index (χ0n) is 18.7. The van der Waals surface area contributed by atoms with Gasteiger partial charge in [0.1, 0.15) is 18.1 Å². The van der Waals surface area contributed by atoms with E-state index < -0.39 is 51.8 Å². The predicted octanol–water partition coefficient (Wildman–Crippen LogP) is 7.26. The molecule has 1 fully saturated rings. The second-order valence-electron chi connectivity index (χ2n) is 8.16. The summed E-state index contributed by atoms with van der Waals surface area (Å²) in [5.74, 6) is -15.1. The molecule has 1 aromatic heterocycles. The van der Waals surface area contributed by atoms with Gasteiger partial charge in [0.15, 0.2) is 5.76 Å². The maximum Gasteiger partial charge on any atom is 0.349 e. The van der Waals surface area contributed by atoms with Crippen molar-refractivity contribution in [3.8, 4) is 17.0 Å². The first-order valence-electron chi connectivity index (χ1n) is 10.5. The van der Waals surface area contributed by atoms with Gasteiger partial charge in [-0.05, 0) is 25.0 Å². The molecule has 1 aliphatic carbocycles. The fraction of sp³-hybridized carbons (Fsp3) is 0.304. The van der Waals surface area contributed by atoms with E-state index in [1.54, 1.807) is 0 Å². The molecule has 0 unspecified atom stereocenters. The highest BCUT2D eigenvalue weighted by Gasteiger charge is 2.47. The Bertz CT molecular complexity index is 1330. The first-order chi connectivity index (χ1) is 17.5. The molecular formula is C23H15Cl3F5NO5. The number of rotatable bonds is 8. The lowest BCUT2D eigenvalue weighted by atomic mass is 9.66. The van der Waals surface area contributed by atoms with Crippen molar-refractivity contribution in [2.75, 3.05) is 20.5 Å². The lowest BCUT2D eigenvalue weighted by molar-refractivity contribution is -0.0666. The van der Waals surface area contributed by atoms with E-state index in [0.717, 1.165) is 0 Å². The second-order valence-corrected chi connectivity index (χ2v) is 9.41. The number of carbonyl (C=O) groups excluding carboxylic acids is 1. The van der Waals surface area contributed by atoms with E-state index in [1.807, 2.05) is 0 Å². The Kier molecular flexibility index (Phi) is 8.01. The Morgan fingerprint density at radius 3 is 2.08 bits per heavy atom. The number of aromatic nitrogens is 1. The van der Waals surface area contributed by atoms with Crippen LogP contribution in [0.4, 0.5) is 22.0 Å². The summed E-state index contributed by atoms with van der Waals surface area (Å²) in [6.07, 6.45) is 1.58. The van der Waals surface area contributed by atoms with Crippen molar-refractivity contribution in [3.63, 3.8) is 0 Å².